The Morgan fingerprint density at radius 1 is 1.00 bits per heavy atom. The molecule has 0 aromatic heterocycles. The van der Waals surface area contributed by atoms with Crippen molar-refractivity contribution >= 4 is 7.32 Å². The van der Waals surface area contributed by atoms with Gasteiger partial charge in [0, 0.05) is 0 Å². The first kappa shape index (κ1) is 13.7. The quantitative estimate of drug-likeness (QED) is 0.397. The van der Waals surface area contributed by atoms with Crippen LogP contribution < -0.4 is 15.1 Å². The predicted octanol–water partition coefficient (Wildman–Crippen LogP) is -2.24. The van der Waals surface area contributed by atoms with Crippen molar-refractivity contribution in [1.29, 1.82) is 0 Å². The summed E-state index contributed by atoms with van der Waals surface area (Å²) in [6.45, 7) is 0. The van der Waals surface area contributed by atoms with Gasteiger partial charge in [0.05, 0.1) is 0 Å². The molecule has 0 radical (unpaired) electrons. The Morgan fingerprint density at radius 2 is 1.36 bits per heavy atom. The van der Waals surface area contributed by atoms with E-state index in [9.17, 15) is 0 Å². The summed E-state index contributed by atoms with van der Waals surface area (Å²) >= 11 is 0. The fraction of sp³-hybridized carbons (Fsp3) is 0. The zero-order valence-corrected chi connectivity index (χ0v) is 11.4. The first-order valence-corrected chi connectivity index (χ1v) is 2.62. The second-order valence-corrected chi connectivity index (χ2v) is 1.37. The van der Waals surface area contributed by atoms with Crippen molar-refractivity contribution in [3.8, 4) is 0 Å². The molecule has 1 rings (SSSR count). The third-order valence-corrected chi connectivity index (χ3v) is 0.607. The summed E-state index contributed by atoms with van der Waals surface area (Å²) in [6.07, 6.45) is 0. The van der Waals surface area contributed by atoms with Crippen molar-refractivity contribution < 1.29 is 45.6 Å². The van der Waals surface area contributed by atoms with Gasteiger partial charge < -0.3 is 15.1 Å². The van der Waals surface area contributed by atoms with Gasteiger partial charge in [-0.1, -0.05) is 0 Å². The summed E-state index contributed by atoms with van der Waals surface area (Å²) in [6, 6.07) is 12.5. The Hall–Kier alpha value is 0.1000. The second kappa shape index (κ2) is 10.1. The molecule has 0 aliphatic heterocycles. The molecule has 0 bridgehead atoms. The van der Waals surface area contributed by atoms with Crippen LogP contribution in [0.2, 0.25) is 0 Å². The van der Waals surface area contributed by atoms with Crippen LogP contribution in [0, 0.1) is 6.07 Å². The third kappa shape index (κ3) is 17.8. The molecule has 0 saturated carbocycles. The van der Waals surface area contributed by atoms with Gasteiger partial charge in [-0.15, -0.1) is 0 Å². The van der Waals surface area contributed by atoms with E-state index in [0.29, 0.717) is 0 Å². The molecule has 0 N–H and O–H groups in total. The molecule has 0 aliphatic carbocycles. The largest absolute Gasteiger partial charge is 2.00 e. The zero-order chi connectivity index (χ0) is 7.82. The van der Waals surface area contributed by atoms with E-state index in [0.717, 1.165) is 0 Å². The van der Waals surface area contributed by atoms with Crippen molar-refractivity contribution in [3.05, 3.63) is 36.4 Å². The van der Waals surface area contributed by atoms with Crippen LogP contribution in [0.4, 0.5) is 0 Å². The van der Waals surface area contributed by atoms with Gasteiger partial charge in [-0.05, 0) is 0 Å². The van der Waals surface area contributed by atoms with Crippen LogP contribution >= 0.6 is 0 Å². The standard InChI is InChI=1S/C6H5.BO3.Hg/c1-2-4-6-5-3-1;2-1(3)4;/h1-5H;;/q-1;-3;+2/p+2. The smallest absolute Gasteiger partial charge is 0.907 e. The maximum absolute atomic E-state index is 8.42. The molecule has 11 heavy (non-hydrogen) atoms. The summed E-state index contributed by atoms with van der Waals surface area (Å²) < 4.78 is 0. The molecule has 0 saturated heterocycles. The van der Waals surface area contributed by atoms with E-state index in [2.05, 4.69) is 6.07 Å². The molecule has 0 spiro atoms. The van der Waals surface area contributed by atoms with Crippen molar-refractivity contribution in [1.82, 2.24) is 0 Å². The maximum atomic E-state index is 8.42. The van der Waals surface area contributed by atoms with E-state index in [-0.39, 0.29) is 30.5 Å². The van der Waals surface area contributed by atoms with E-state index in [1.165, 1.54) is 0 Å². The van der Waals surface area contributed by atoms with E-state index >= 15 is 0 Å². The van der Waals surface area contributed by atoms with Gasteiger partial charge in [-0.3, -0.25) is 7.32 Å². The Balaban J connectivity index is -0.0000000536. The summed E-state index contributed by atoms with van der Waals surface area (Å²) in [4.78, 5) is 0. The molecule has 0 amide bonds. The average Bonchev–Trinajstić information content (AvgIpc) is 1.90. The monoisotopic (exact) mass is 340 g/mol. The van der Waals surface area contributed by atoms with E-state index < -0.39 is 7.32 Å². The number of hydrogen-bond donors (Lipinski definition) is 0. The summed E-state index contributed by atoms with van der Waals surface area (Å²) in [5, 5.41) is 25.2. The minimum Gasteiger partial charge on any atom is -0.907 e. The molecule has 0 fully saturated rings. The van der Waals surface area contributed by atoms with Crippen molar-refractivity contribution in [3.63, 3.8) is 0 Å². The van der Waals surface area contributed by atoms with Crippen LogP contribution in [-0.4, -0.2) is 7.32 Å². The Bertz CT molecular complexity index is 126. The minimum absolute atomic E-state index is 0. The summed E-state index contributed by atoms with van der Waals surface area (Å²) in [5.41, 5.74) is 0. The molecule has 0 heterocycles. The van der Waals surface area contributed by atoms with Gasteiger partial charge in [-0.2, -0.15) is 36.4 Å². The van der Waals surface area contributed by atoms with Gasteiger partial charge in [0.15, 0.2) is 0 Å². The number of benzene rings is 1. The second-order valence-electron chi connectivity index (χ2n) is 1.37. The Morgan fingerprint density at radius 3 is 1.45 bits per heavy atom. The van der Waals surface area contributed by atoms with Crippen LogP contribution in [0.3, 0.4) is 0 Å². The molecule has 1 aromatic carbocycles. The third-order valence-electron chi connectivity index (χ3n) is 0.607. The summed E-state index contributed by atoms with van der Waals surface area (Å²) in [5.74, 6) is 0. The molecule has 1 aromatic rings. The fourth-order valence-corrected chi connectivity index (χ4v) is 0.342. The topological polar surface area (TPSA) is 69.2 Å². The SMILES string of the molecule is [H+].[H+].[Hg+2].[O-]B([O-])[O-].[c-]1ccccc1. The summed E-state index contributed by atoms with van der Waals surface area (Å²) in [7, 11) is -2.92. The normalized spacial score (nSPS) is 6.82. The van der Waals surface area contributed by atoms with Crippen molar-refractivity contribution in [2.45, 2.75) is 0 Å². The molecular weight excluding hydrogens is 331 g/mol. The van der Waals surface area contributed by atoms with Crippen LogP contribution in [-0.2, 0) is 27.7 Å². The molecular formula is C6H7BHgO3. The molecule has 0 unspecified atom stereocenters. The Kier molecular flexibility index (Phi) is 12.6. The first-order chi connectivity index (χ1) is 4.73. The van der Waals surface area contributed by atoms with Crippen LogP contribution in [0.25, 0.3) is 0 Å². The van der Waals surface area contributed by atoms with Crippen LogP contribution in [0.5, 0.6) is 0 Å². The zero-order valence-electron chi connectivity index (χ0n) is 7.90. The number of rotatable bonds is 0. The Labute approximate surface area is 89.3 Å². The van der Waals surface area contributed by atoms with Gasteiger partial charge in [0.1, 0.15) is 0 Å². The average molecular weight is 339 g/mol. The molecule has 0 aliphatic rings. The molecule has 0 atom stereocenters. The van der Waals surface area contributed by atoms with Gasteiger partial charge in [-0.25, -0.2) is 0 Å². The first-order valence-electron chi connectivity index (χ1n) is 2.62. The van der Waals surface area contributed by atoms with Crippen molar-refractivity contribution in [2.75, 3.05) is 0 Å². The maximum Gasteiger partial charge on any atom is 2.00 e. The molecule has 54 valence electrons. The van der Waals surface area contributed by atoms with E-state index in [1.807, 2.05) is 30.3 Å². The fourth-order valence-electron chi connectivity index (χ4n) is 0.342. The van der Waals surface area contributed by atoms with E-state index in [4.69, 9.17) is 15.1 Å². The van der Waals surface area contributed by atoms with E-state index in [1.54, 1.807) is 0 Å². The van der Waals surface area contributed by atoms with Crippen LogP contribution in [0.15, 0.2) is 30.3 Å². The molecule has 3 nitrogen and oxygen atoms in total. The van der Waals surface area contributed by atoms with Gasteiger partial charge in [0.2, 0.25) is 0 Å². The van der Waals surface area contributed by atoms with Gasteiger partial charge >= 0.3 is 30.5 Å². The van der Waals surface area contributed by atoms with Crippen molar-refractivity contribution in [2.24, 2.45) is 0 Å². The predicted molar refractivity (Wildman–Crippen MR) is 33.3 cm³/mol. The minimum atomic E-state index is -2.92. The van der Waals surface area contributed by atoms with Gasteiger partial charge in [0.25, 0.3) is 0 Å². The molecule has 5 heteroatoms. The number of hydrogen-bond acceptors (Lipinski definition) is 3. The van der Waals surface area contributed by atoms with Crippen LogP contribution in [0.1, 0.15) is 2.85 Å².